The molecular formula is C44H78O4. The number of benzene rings is 1. The first-order valence-electron chi connectivity index (χ1n) is 20.8. The van der Waals surface area contributed by atoms with E-state index >= 15 is 0 Å². The average molecular weight is 671 g/mol. The second-order valence-corrected chi connectivity index (χ2v) is 15.8. The van der Waals surface area contributed by atoms with Gasteiger partial charge in [0.25, 0.3) is 0 Å². The third-order valence-electron chi connectivity index (χ3n) is 10.3. The van der Waals surface area contributed by atoms with Gasteiger partial charge < -0.3 is 10.2 Å². The predicted octanol–water partition coefficient (Wildman–Crippen LogP) is 14.4. The zero-order valence-electron chi connectivity index (χ0n) is 32.2. The van der Waals surface area contributed by atoms with Gasteiger partial charge in [-0.25, -0.2) is 9.59 Å². The molecule has 4 nitrogen and oxygen atoms in total. The van der Waals surface area contributed by atoms with E-state index in [0.29, 0.717) is 6.42 Å². The van der Waals surface area contributed by atoms with Gasteiger partial charge in [0.2, 0.25) is 0 Å². The first-order chi connectivity index (χ1) is 23.2. The summed E-state index contributed by atoms with van der Waals surface area (Å²) in [6, 6.07) is 3.41. The van der Waals surface area contributed by atoms with Crippen molar-refractivity contribution in [2.75, 3.05) is 0 Å². The van der Waals surface area contributed by atoms with E-state index in [4.69, 9.17) is 0 Å². The first-order valence-corrected chi connectivity index (χ1v) is 20.8. The van der Waals surface area contributed by atoms with Gasteiger partial charge in [-0.3, -0.25) is 0 Å². The summed E-state index contributed by atoms with van der Waals surface area (Å²) in [5, 5.41) is 19.7. The summed E-state index contributed by atoms with van der Waals surface area (Å²) in [5.41, 5.74) is 1.77. The SMILES string of the molecule is CC(C)CCCCCCCCCCCCCCCc1ccc(C(=O)O)c(C(=O)O)c1CCCCCCCCCCCCCCCC(C)C. The van der Waals surface area contributed by atoms with E-state index in [1.165, 1.54) is 160 Å². The minimum atomic E-state index is -1.15. The van der Waals surface area contributed by atoms with Crippen LogP contribution in [0.25, 0.3) is 0 Å². The molecule has 0 aliphatic carbocycles. The molecule has 0 aromatic heterocycles. The third kappa shape index (κ3) is 23.5. The molecule has 4 heteroatoms. The molecule has 2 N–H and O–H groups in total. The quantitative estimate of drug-likeness (QED) is 0.0716. The molecule has 0 saturated carbocycles. The summed E-state index contributed by atoms with van der Waals surface area (Å²) in [5.74, 6) is -0.569. The lowest BCUT2D eigenvalue weighted by Crippen LogP contribution is -2.14. The summed E-state index contributed by atoms with van der Waals surface area (Å²) in [6.45, 7) is 9.26. The molecule has 0 fully saturated rings. The van der Waals surface area contributed by atoms with Gasteiger partial charge in [-0.1, -0.05) is 201 Å². The van der Waals surface area contributed by atoms with Crippen molar-refractivity contribution in [2.24, 2.45) is 11.8 Å². The lowest BCUT2D eigenvalue weighted by Gasteiger charge is -2.15. The molecule has 48 heavy (non-hydrogen) atoms. The van der Waals surface area contributed by atoms with Crippen molar-refractivity contribution in [1.29, 1.82) is 0 Å². The highest BCUT2D eigenvalue weighted by Gasteiger charge is 2.22. The van der Waals surface area contributed by atoms with Gasteiger partial charge in [0, 0.05) is 0 Å². The summed E-state index contributed by atoms with van der Waals surface area (Å²) >= 11 is 0. The molecule has 0 heterocycles. The minimum absolute atomic E-state index is 0.0236. The van der Waals surface area contributed by atoms with Crippen molar-refractivity contribution in [3.63, 3.8) is 0 Å². The van der Waals surface area contributed by atoms with Gasteiger partial charge in [-0.05, 0) is 54.7 Å². The van der Waals surface area contributed by atoms with Gasteiger partial charge in [-0.15, -0.1) is 0 Å². The summed E-state index contributed by atoms with van der Waals surface area (Å²) in [7, 11) is 0. The maximum Gasteiger partial charge on any atom is 0.336 e. The molecule has 1 aromatic carbocycles. The Bertz CT molecular complexity index is 934. The van der Waals surface area contributed by atoms with E-state index in [1.54, 1.807) is 0 Å². The van der Waals surface area contributed by atoms with Crippen LogP contribution in [0.15, 0.2) is 12.1 Å². The number of aryl methyl sites for hydroxylation is 1. The number of aromatic carboxylic acids is 2. The topological polar surface area (TPSA) is 74.6 Å². The number of hydrogen-bond donors (Lipinski definition) is 2. The van der Waals surface area contributed by atoms with Crippen molar-refractivity contribution in [3.8, 4) is 0 Å². The molecule has 1 rings (SSSR count). The van der Waals surface area contributed by atoms with Gasteiger partial charge in [0.1, 0.15) is 0 Å². The van der Waals surface area contributed by atoms with E-state index in [-0.39, 0.29) is 11.1 Å². The predicted molar refractivity (Wildman–Crippen MR) is 207 cm³/mol. The van der Waals surface area contributed by atoms with Crippen LogP contribution in [0.4, 0.5) is 0 Å². The molecule has 0 aliphatic rings. The van der Waals surface area contributed by atoms with E-state index in [9.17, 15) is 19.8 Å². The highest BCUT2D eigenvalue weighted by atomic mass is 16.4. The molecule has 0 amide bonds. The van der Waals surface area contributed by atoms with Crippen LogP contribution in [-0.4, -0.2) is 22.2 Å². The second kappa shape index (κ2) is 30.0. The normalized spacial score (nSPS) is 11.6. The number of hydrogen-bond acceptors (Lipinski definition) is 2. The van der Waals surface area contributed by atoms with Crippen molar-refractivity contribution in [3.05, 3.63) is 34.4 Å². The number of carboxylic acid groups (broad SMARTS) is 2. The Kier molecular flexibility index (Phi) is 27.6. The van der Waals surface area contributed by atoms with Crippen LogP contribution >= 0.6 is 0 Å². The smallest absolute Gasteiger partial charge is 0.336 e. The fourth-order valence-electron chi connectivity index (χ4n) is 7.24. The van der Waals surface area contributed by atoms with E-state index < -0.39 is 11.9 Å². The van der Waals surface area contributed by atoms with Gasteiger partial charge in [0.15, 0.2) is 0 Å². The minimum Gasteiger partial charge on any atom is -0.478 e. The maximum atomic E-state index is 12.2. The number of rotatable bonds is 34. The number of carbonyl (C=O) groups is 2. The lowest BCUT2D eigenvalue weighted by atomic mass is 9.89. The highest BCUT2D eigenvalue weighted by Crippen LogP contribution is 2.25. The fourth-order valence-corrected chi connectivity index (χ4v) is 7.24. The molecule has 0 spiro atoms. The monoisotopic (exact) mass is 671 g/mol. The average Bonchev–Trinajstić information content (AvgIpc) is 3.04. The molecule has 0 radical (unpaired) electrons. The van der Waals surface area contributed by atoms with Crippen LogP contribution in [-0.2, 0) is 12.8 Å². The fraction of sp³-hybridized carbons (Fsp3) is 0.818. The van der Waals surface area contributed by atoms with Crippen molar-refractivity contribution in [2.45, 2.75) is 220 Å². The van der Waals surface area contributed by atoms with Crippen LogP contribution in [0.1, 0.15) is 239 Å². The lowest BCUT2D eigenvalue weighted by molar-refractivity contribution is 0.0650. The van der Waals surface area contributed by atoms with E-state index in [1.807, 2.05) is 6.07 Å². The van der Waals surface area contributed by atoms with Crippen LogP contribution < -0.4 is 0 Å². The summed E-state index contributed by atoms with van der Waals surface area (Å²) in [6.07, 6.45) is 38.0. The number of unbranched alkanes of at least 4 members (excludes halogenated alkanes) is 24. The molecule has 0 unspecified atom stereocenters. The molecule has 1 aromatic rings. The van der Waals surface area contributed by atoms with Crippen molar-refractivity contribution < 1.29 is 19.8 Å². The van der Waals surface area contributed by atoms with E-state index in [2.05, 4.69) is 27.7 Å². The molecule has 0 saturated heterocycles. The largest absolute Gasteiger partial charge is 0.478 e. The Morgan fingerprint density at radius 1 is 0.438 bits per heavy atom. The second-order valence-electron chi connectivity index (χ2n) is 15.8. The van der Waals surface area contributed by atoms with Gasteiger partial charge in [0.05, 0.1) is 11.1 Å². The molecule has 0 aliphatic heterocycles. The Morgan fingerprint density at radius 2 is 0.750 bits per heavy atom. The molecule has 0 atom stereocenters. The van der Waals surface area contributed by atoms with Crippen LogP contribution in [0.5, 0.6) is 0 Å². The van der Waals surface area contributed by atoms with Crippen LogP contribution in [0.2, 0.25) is 0 Å². The van der Waals surface area contributed by atoms with Crippen LogP contribution in [0, 0.1) is 11.8 Å². The summed E-state index contributed by atoms with van der Waals surface area (Å²) < 4.78 is 0. The molecule has 0 bridgehead atoms. The van der Waals surface area contributed by atoms with Gasteiger partial charge in [-0.2, -0.15) is 0 Å². The maximum absolute atomic E-state index is 12.2. The Hall–Kier alpha value is -1.84. The number of carboxylic acids is 2. The van der Waals surface area contributed by atoms with E-state index in [0.717, 1.165) is 55.1 Å². The highest BCUT2D eigenvalue weighted by molar-refractivity contribution is 6.03. The Morgan fingerprint density at radius 3 is 1.06 bits per heavy atom. The third-order valence-corrected chi connectivity index (χ3v) is 10.3. The first kappa shape index (κ1) is 44.2. The standard InChI is InChI=1S/C44H78O4/c1-37(2)31-27-23-19-15-11-7-5-9-13-17-21-25-29-33-39-35-36-41(43(45)46)42(44(47)48)40(39)34-30-26-22-18-14-10-6-8-12-16-20-24-28-32-38(3)4/h35-38H,5-34H2,1-4H3,(H,45,46)(H,47,48). The van der Waals surface area contributed by atoms with Gasteiger partial charge >= 0.3 is 11.9 Å². The molecular weight excluding hydrogens is 592 g/mol. The zero-order chi connectivity index (χ0) is 35.2. The summed E-state index contributed by atoms with van der Waals surface area (Å²) in [4.78, 5) is 24.1. The van der Waals surface area contributed by atoms with Crippen molar-refractivity contribution >= 4 is 11.9 Å². The molecule has 278 valence electrons. The van der Waals surface area contributed by atoms with Crippen molar-refractivity contribution in [1.82, 2.24) is 0 Å². The zero-order valence-corrected chi connectivity index (χ0v) is 32.2. The Labute approximate surface area is 297 Å². The Balaban J connectivity index is 2.27. The van der Waals surface area contributed by atoms with Crippen LogP contribution in [0.3, 0.4) is 0 Å².